The minimum Gasteiger partial charge on any atom is -0.319 e. The third-order valence-electron chi connectivity index (χ3n) is 1.07. The first-order valence-electron chi connectivity index (χ1n) is 3.21. The highest BCUT2D eigenvalue weighted by molar-refractivity contribution is 7.99. The molecule has 0 saturated heterocycles. The van der Waals surface area contributed by atoms with E-state index < -0.39 is 12.1 Å². The zero-order valence-electron chi connectivity index (χ0n) is 5.97. The molecule has 2 N–H and O–H groups in total. The van der Waals surface area contributed by atoms with Crippen LogP contribution in [0.5, 0.6) is 0 Å². The summed E-state index contributed by atoms with van der Waals surface area (Å²) >= 11 is 1.65. The molecule has 0 unspecified atom stereocenters. The number of carbonyl (C=O) groups excluding carboxylic acids is 1. The van der Waals surface area contributed by atoms with Crippen LogP contribution in [0.25, 0.3) is 0 Å². The highest BCUT2D eigenvalue weighted by Gasteiger charge is 2.10. The lowest BCUT2D eigenvalue weighted by Gasteiger charge is -2.02. The van der Waals surface area contributed by atoms with Gasteiger partial charge in [0.1, 0.15) is 0 Å². The Labute approximate surface area is 64.4 Å². The van der Waals surface area contributed by atoms with Crippen LogP contribution in [-0.4, -0.2) is 23.6 Å². The summed E-state index contributed by atoms with van der Waals surface area (Å²) in [4.78, 5) is 9.94. The topological polar surface area (TPSA) is 43.1 Å². The second-order valence-electron chi connectivity index (χ2n) is 1.90. The van der Waals surface area contributed by atoms with Gasteiger partial charge in [-0.1, -0.05) is 6.92 Å². The summed E-state index contributed by atoms with van der Waals surface area (Å²) < 4.78 is 11.7. The number of thioether (sulfide) groups is 1. The Hall–Kier alpha value is -0.0900. The standard InChI is InChI=1S/C6H12FNOS/c1-2-10-4-3-5(8)6(7)9/h5H,2-4,8H2,1H3/t5-/m0/s1. The molecule has 4 heteroatoms. The molecule has 0 bridgehead atoms. The van der Waals surface area contributed by atoms with Gasteiger partial charge in [-0.05, 0) is 17.9 Å². The monoisotopic (exact) mass is 165 g/mol. The lowest BCUT2D eigenvalue weighted by atomic mass is 10.3. The molecule has 60 valence electrons. The van der Waals surface area contributed by atoms with Gasteiger partial charge in [0.25, 0.3) is 0 Å². The first kappa shape index (κ1) is 9.91. The van der Waals surface area contributed by atoms with Crippen molar-refractivity contribution >= 4 is 17.8 Å². The van der Waals surface area contributed by atoms with Crippen molar-refractivity contribution in [1.82, 2.24) is 0 Å². The fourth-order valence-electron chi connectivity index (χ4n) is 0.468. The van der Waals surface area contributed by atoms with E-state index in [-0.39, 0.29) is 0 Å². The van der Waals surface area contributed by atoms with Crippen molar-refractivity contribution in [3.05, 3.63) is 0 Å². The minimum atomic E-state index is -1.41. The summed E-state index contributed by atoms with van der Waals surface area (Å²) in [5.41, 5.74) is 5.12. The van der Waals surface area contributed by atoms with E-state index in [1.807, 2.05) is 6.92 Å². The van der Waals surface area contributed by atoms with Gasteiger partial charge in [-0.3, -0.25) is 4.79 Å². The summed E-state index contributed by atoms with van der Waals surface area (Å²) in [6, 6.07) is -2.31. The molecule has 0 spiro atoms. The maximum absolute atomic E-state index is 11.7. The molecule has 0 aromatic rings. The first-order chi connectivity index (χ1) is 4.68. The molecular formula is C6H12FNOS. The maximum atomic E-state index is 11.7. The number of hydrogen-bond acceptors (Lipinski definition) is 3. The molecule has 10 heavy (non-hydrogen) atoms. The highest BCUT2D eigenvalue weighted by atomic mass is 32.2. The Morgan fingerprint density at radius 1 is 1.80 bits per heavy atom. The molecule has 0 amide bonds. The normalized spacial score (nSPS) is 13.1. The maximum Gasteiger partial charge on any atom is 0.318 e. The van der Waals surface area contributed by atoms with Crippen molar-refractivity contribution in [1.29, 1.82) is 0 Å². The number of nitrogens with two attached hydrogens (primary N) is 1. The van der Waals surface area contributed by atoms with Crippen LogP contribution in [0.15, 0.2) is 0 Å². The molecule has 1 atom stereocenters. The van der Waals surface area contributed by atoms with Gasteiger partial charge in [0.15, 0.2) is 0 Å². The van der Waals surface area contributed by atoms with Crippen LogP contribution in [0, 0.1) is 0 Å². The largest absolute Gasteiger partial charge is 0.319 e. The fraction of sp³-hybridized carbons (Fsp3) is 0.833. The second kappa shape index (κ2) is 5.68. The van der Waals surface area contributed by atoms with E-state index in [2.05, 4.69) is 0 Å². The van der Waals surface area contributed by atoms with Crippen LogP contribution in [-0.2, 0) is 4.79 Å². The van der Waals surface area contributed by atoms with Gasteiger partial charge in [-0.15, -0.1) is 0 Å². The van der Waals surface area contributed by atoms with Gasteiger partial charge >= 0.3 is 6.04 Å². The Kier molecular flexibility index (Phi) is 5.63. The Morgan fingerprint density at radius 3 is 2.80 bits per heavy atom. The van der Waals surface area contributed by atoms with Gasteiger partial charge < -0.3 is 5.73 Å². The minimum absolute atomic E-state index is 0.438. The third-order valence-corrected chi connectivity index (χ3v) is 2.00. The van der Waals surface area contributed by atoms with Crippen molar-refractivity contribution in [2.24, 2.45) is 5.73 Å². The van der Waals surface area contributed by atoms with Gasteiger partial charge in [0.2, 0.25) is 0 Å². The van der Waals surface area contributed by atoms with Crippen molar-refractivity contribution in [2.45, 2.75) is 19.4 Å². The Morgan fingerprint density at radius 2 is 2.40 bits per heavy atom. The summed E-state index contributed by atoms with van der Waals surface area (Å²) in [5, 5.41) is 0. The number of rotatable bonds is 5. The van der Waals surface area contributed by atoms with E-state index in [9.17, 15) is 9.18 Å². The average Bonchev–Trinajstić information content (AvgIpc) is 1.88. The van der Waals surface area contributed by atoms with E-state index in [0.29, 0.717) is 6.42 Å². The van der Waals surface area contributed by atoms with Gasteiger partial charge in [0.05, 0.1) is 6.04 Å². The molecule has 0 heterocycles. The lowest BCUT2D eigenvalue weighted by molar-refractivity contribution is -0.130. The van der Waals surface area contributed by atoms with Crippen LogP contribution in [0.4, 0.5) is 4.39 Å². The van der Waals surface area contributed by atoms with Crippen molar-refractivity contribution < 1.29 is 9.18 Å². The van der Waals surface area contributed by atoms with Crippen molar-refractivity contribution in [3.8, 4) is 0 Å². The van der Waals surface area contributed by atoms with Crippen LogP contribution >= 0.6 is 11.8 Å². The fourth-order valence-corrected chi connectivity index (χ4v) is 1.18. The first-order valence-corrected chi connectivity index (χ1v) is 4.36. The van der Waals surface area contributed by atoms with Crippen LogP contribution in [0.1, 0.15) is 13.3 Å². The lowest BCUT2D eigenvalue weighted by Crippen LogP contribution is -2.27. The van der Waals surface area contributed by atoms with Crippen molar-refractivity contribution in [3.63, 3.8) is 0 Å². The van der Waals surface area contributed by atoms with Crippen molar-refractivity contribution in [2.75, 3.05) is 11.5 Å². The zero-order valence-corrected chi connectivity index (χ0v) is 6.79. The van der Waals surface area contributed by atoms with Crippen LogP contribution < -0.4 is 5.73 Å². The molecule has 0 aliphatic carbocycles. The molecule has 0 rings (SSSR count). The molecule has 0 aromatic heterocycles. The number of carbonyl (C=O) groups is 1. The second-order valence-corrected chi connectivity index (χ2v) is 3.29. The SMILES string of the molecule is CCSCC[C@H](N)C(=O)F. The molecule has 0 aromatic carbocycles. The quantitative estimate of drug-likeness (QED) is 0.487. The summed E-state index contributed by atoms with van der Waals surface area (Å²) in [6.45, 7) is 2.01. The number of halogens is 1. The van der Waals surface area contributed by atoms with Gasteiger partial charge in [-0.2, -0.15) is 16.2 Å². The number of hydrogen-bond donors (Lipinski definition) is 1. The molecule has 0 aliphatic rings. The molecule has 0 fully saturated rings. The zero-order chi connectivity index (χ0) is 7.98. The molecule has 0 saturated carbocycles. The molecule has 0 radical (unpaired) electrons. The van der Waals surface area contributed by atoms with Crippen LogP contribution in [0.2, 0.25) is 0 Å². The van der Waals surface area contributed by atoms with E-state index in [4.69, 9.17) is 5.73 Å². The molecule has 2 nitrogen and oxygen atoms in total. The highest BCUT2D eigenvalue weighted by Crippen LogP contribution is 2.03. The van der Waals surface area contributed by atoms with Gasteiger partial charge in [0, 0.05) is 0 Å². The Balaban J connectivity index is 3.21. The summed E-state index contributed by atoms with van der Waals surface area (Å²) in [6.07, 6.45) is 0.438. The molecular weight excluding hydrogens is 153 g/mol. The molecule has 0 aliphatic heterocycles. The van der Waals surface area contributed by atoms with Gasteiger partial charge in [-0.25, -0.2) is 0 Å². The summed E-state index contributed by atoms with van der Waals surface area (Å²) in [7, 11) is 0. The smallest absolute Gasteiger partial charge is 0.318 e. The predicted octanol–water partition coefficient (Wildman–Crippen LogP) is 0.953. The van der Waals surface area contributed by atoms with E-state index >= 15 is 0 Å². The van der Waals surface area contributed by atoms with E-state index in [1.165, 1.54) is 0 Å². The van der Waals surface area contributed by atoms with E-state index in [0.717, 1.165) is 11.5 Å². The third kappa shape index (κ3) is 4.76. The predicted molar refractivity (Wildman–Crippen MR) is 41.7 cm³/mol. The Bertz CT molecular complexity index is 110. The van der Waals surface area contributed by atoms with E-state index in [1.54, 1.807) is 11.8 Å². The average molecular weight is 165 g/mol. The van der Waals surface area contributed by atoms with Crippen LogP contribution in [0.3, 0.4) is 0 Å². The summed E-state index contributed by atoms with van der Waals surface area (Å²) in [5.74, 6) is 1.74.